The Kier molecular flexibility index (Phi) is 3.74. The van der Waals surface area contributed by atoms with Crippen molar-refractivity contribution in [1.82, 2.24) is 10.2 Å². The van der Waals surface area contributed by atoms with Crippen molar-refractivity contribution in [2.24, 2.45) is 0 Å². The molecule has 0 aliphatic heterocycles. The lowest BCUT2D eigenvalue weighted by Crippen LogP contribution is -2.09. The average molecular weight is 298 g/mol. The van der Waals surface area contributed by atoms with Gasteiger partial charge in [-0.15, -0.1) is 10.2 Å². The van der Waals surface area contributed by atoms with Crippen molar-refractivity contribution in [3.63, 3.8) is 0 Å². The number of nitrogens with zero attached hydrogens (tertiary/aromatic N) is 2. The summed E-state index contributed by atoms with van der Waals surface area (Å²) in [6.07, 6.45) is 0.795. The summed E-state index contributed by atoms with van der Waals surface area (Å²) >= 11 is 0. The number of hydrogen-bond acceptors (Lipinski definition) is 6. The number of hydrogen-bond donors (Lipinski definition) is 0. The van der Waals surface area contributed by atoms with Gasteiger partial charge in [0.05, 0.1) is 6.26 Å². The summed E-state index contributed by atoms with van der Waals surface area (Å²) in [6, 6.07) is 11.0. The average Bonchev–Trinajstić information content (AvgIpc) is 3.17. The van der Waals surface area contributed by atoms with E-state index in [1.54, 1.807) is 19.9 Å². The fourth-order valence-electron chi connectivity index (χ4n) is 1.97. The maximum absolute atomic E-state index is 12.0. The van der Waals surface area contributed by atoms with Crippen LogP contribution in [0, 0.1) is 6.92 Å². The second kappa shape index (κ2) is 5.85. The summed E-state index contributed by atoms with van der Waals surface area (Å²) in [5.74, 6) is 0.650. The Hall–Kier alpha value is -2.89. The molecule has 6 nitrogen and oxygen atoms in total. The van der Waals surface area contributed by atoms with Gasteiger partial charge in [0.2, 0.25) is 5.89 Å². The van der Waals surface area contributed by atoms with Gasteiger partial charge in [0, 0.05) is 5.56 Å². The molecule has 0 saturated heterocycles. The van der Waals surface area contributed by atoms with E-state index in [0.717, 1.165) is 5.56 Å². The Morgan fingerprint density at radius 1 is 1.18 bits per heavy atom. The zero-order chi connectivity index (χ0) is 15.5. The second-order valence-corrected chi connectivity index (χ2v) is 4.75. The fraction of sp³-hybridized carbons (Fsp3) is 0.188. The molecule has 6 heteroatoms. The van der Waals surface area contributed by atoms with Crippen LogP contribution in [0.4, 0.5) is 0 Å². The highest BCUT2D eigenvalue weighted by Crippen LogP contribution is 2.23. The monoisotopic (exact) mass is 298 g/mol. The Bertz CT molecular complexity index is 776. The van der Waals surface area contributed by atoms with E-state index in [1.807, 2.05) is 30.3 Å². The minimum absolute atomic E-state index is 0.244. The van der Waals surface area contributed by atoms with Crippen molar-refractivity contribution in [3.8, 4) is 11.5 Å². The predicted octanol–water partition coefficient (Wildman–Crippen LogP) is 3.56. The van der Waals surface area contributed by atoms with Gasteiger partial charge >= 0.3 is 5.97 Å². The molecular weight excluding hydrogens is 284 g/mol. The van der Waals surface area contributed by atoms with Gasteiger partial charge in [0.25, 0.3) is 5.89 Å². The van der Waals surface area contributed by atoms with Gasteiger partial charge in [0.15, 0.2) is 6.10 Å². The normalized spacial score (nSPS) is 12.1. The Morgan fingerprint density at radius 3 is 2.64 bits per heavy atom. The zero-order valence-corrected chi connectivity index (χ0v) is 12.1. The summed E-state index contributed by atoms with van der Waals surface area (Å²) in [4.78, 5) is 12.0. The molecule has 0 aliphatic rings. The van der Waals surface area contributed by atoms with E-state index in [9.17, 15) is 4.79 Å². The Balaban J connectivity index is 1.73. The van der Waals surface area contributed by atoms with E-state index < -0.39 is 12.1 Å². The first-order chi connectivity index (χ1) is 10.6. The molecule has 2 aromatic heterocycles. The maximum atomic E-state index is 12.0. The van der Waals surface area contributed by atoms with Crippen LogP contribution in [0.5, 0.6) is 0 Å². The first-order valence-corrected chi connectivity index (χ1v) is 6.79. The number of furan rings is 1. The van der Waals surface area contributed by atoms with Gasteiger partial charge in [-0.1, -0.05) is 18.2 Å². The number of esters is 1. The third-order valence-electron chi connectivity index (χ3n) is 3.17. The van der Waals surface area contributed by atoms with Crippen molar-refractivity contribution in [2.45, 2.75) is 20.0 Å². The van der Waals surface area contributed by atoms with Crippen LogP contribution < -0.4 is 0 Å². The van der Waals surface area contributed by atoms with Gasteiger partial charge < -0.3 is 13.6 Å². The third-order valence-corrected chi connectivity index (χ3v) is 3.17. The summed E-state index contributed by atoms with van der Waals surface area (Å²) in [5, 5.41) is 7.90. The number of aromatic nitrogens is 2. The molecule has 112 valence electrons. The zero-order valence-electron chi connectivity index (χ0n) is 12.1. The minimum Gasteiger partial charge on any atom is -0.469 e. The van der Waals surface area contributed by atoms with Crippen LogP contribution in [0.3, 0.4) is 0 Å². The summed E-state index contributed by atoms with van der Waals surface area (Å²) in [6.45, 7) is 3.37. The van der Waals surface area contributed by atoms with Crippen molar-refractivity contribution in [3.05, 3.63) is 59.9 Å². The quantitative estimate of drug-likeness (QED) is 0.685. The first-order valence-electron chi connectivity index (χ1n) is 6.79. The van der Waals surface area contributed by atoms with Crippen LogP contribution in [-0.2, 0) is 4.74 Å². The molecular formula is C16H14N2O4. The lowest BCUT2D eigenvalue weighted by atomic mass is 10.2. The first kappa shape index (κ1) is 14.1. The topological polar surface area (TPSA) is 78.4 Å². The molecule has 0 amide bonds. The molecule has 2 heterocycles. The summed E-state index contributed by atoms with van der Waals surface area (Å²) in [5.41, 5.74) is 1.19. The number of carbonyl (C=O) groups is 1. The van der Waals surface area contributed by atoms with Crippen LogP contribution in [0.1, 0.15) is 35.0 Å². The van der Waals surface area contributed by atoms with Crippen molar-refractivity contribution >= 4 is 5.97 Å². The number of carbonyl (C=O) groups excluding carboxylic acids is 1. The molecule has 0 saturated carbocycles. The smallest absolute Gasteiger partial charge is 0.342 e. The molecule has 0 N–H and O–H groups in total. The van der Waals surface area contributed by atoms with E-state index in [4.69, 9.17) is 13.6 Å². The van der Waals surface area contributed by atoms with Gasteiger partial charge in [-0.25, -0.2) is 4.79 Å². The highest BCUT2D eigenvalue weighted by atomic mass is 16.6. The molecule has 0 radical (unpaired) electrons. The summed E-state index contributed by atoms with van der Waals surface area (Å²) < 4.78 is 16.0. The van der Waals surface area contributed by atoms with Gasteiger partial charge in [-0.2, -0.15) is 0 Å². The highest BCUT2D eigenvalue weighted by Gasteiger charge is 2.21. The van der Waals surface area contributed by atoms with Crippen molar-refractivity contribution in [1.29, 1.82) is 0 Å². The number of rotatable bonds is 4. The minimum atomic E-state index is -0.647. The number of aryl methyl sites for hydroxylation is 1. The third kappa shape index (κ3) is 2.76. The van der Waals surface area contributed by atoms with Crippen molar-refractivity contribution < 1.29 is 18.4 Å². The van der Waals surface area contributed by atoms with Crippen LogP contribution in [-0.4, -0.2) is 16.2 Å². The van der Waals surface area contributed by atoms with Crippen LogP contribution in [0.2, 0.25) is 0 Å². The van der Waals surface area contributed by atoms with E-state index in [2.05, 4.69) is 10.2 Å². The summed E-state index contributed by atoms with van der Waals surface area (Å²) in [7, 11) is 0. The molecule has 3 aromatic rings. The molecule has 0 aliphatic carbocycles. The van der Waals surface area contributed by atoms with Crippen LogP contribution in [0.25, 0.3) is 11.5 Å². The molecule has 0 spiro atoms. The van der Waals surface area contributed by atoms with Crippen LogP contribution >= 0.6 is 0 Å². The molecule has 0 fully saturated rings. The largest absolute Gasteiger partial charge is 0.469 e. The van der Waals surface area contributed by atoms with E-state index in [0.29, 0.717) is 17.2 Å². The Morgan fingerprint density at radius 2 is 1.95 bits per heavy atom. The molecule has 0 bridgehead atoms. The van der Waals surface area contributed by atoms with E-state index in [1.165, 1.54) is 6.26 Å². The fourth-order valence-corrected chi connectivity index (χ4v) is 1.97. The lowest BCUT2D eigenvalue weighted by Gasteiger charge is -2.08. The second-order valence-electron chi connectivity index (χ2n) is 4.75. The SMILES string of the molecule is Cc1occc1C(=O)O[C@H](C)c1nnc(-c2ccccc2)o1. The molecule has 0 unspecified atom stereocenters. The Labute approximate surface area is 126 Å². The van der Waals surface area contributed by atoms with E-state index in [-0.39, 0.29) is 5.89 Å². The van der Waals surface area contributed by atoms with E-state index >= 15 is 0 Å². The number of ether oxygens (including phenoxy) is 1. The van der Waals surface area contributed by atoms with Gasteiger partial charge in [-0.3, -0.25) is 0 Å². The van der Waals surface area contributed by atoms with Crippen LogP contribution in [0.15, 0.2) is 51.5 Å². The van der Waals surface area contributed by atoms with Gasteiger partial charge in [0.1, 0.15) is 11.3 Å². The molecule has 22 heavy (non-hydrogen) atoms. The van der Waals surface area contributed by atoms with Gasteiger partial charge in [-0.05, 0) is 32.0 Å². The molecule has 1 aromatic carbocycles. The lowest BCUT2D eigenvalue weighted by molar-refractivity contribution is 0.0278. The number of benzene rings is 1. The van der Waals surface area contributed by atoms with Crippen molar-refractivity contribution in [2.75, 3.05) is 0 Å². The predicted molar refractivity (Wildman–Crippen MR) is 77.0 cm³/mol. The standard InChI is InChI=1S/C16H14N2O4/c1-10-13(8-9-20-10)16(19)21-11(2)14-17-18-15(22-14)12-6-4-3-5-7-12/h3-9,11H,1-2H3/t11-/m1/s1. The molecule has 1 atom stereocenters. The highest BCUT2D eigenvalue weighted by molar-refractivity contribution is 5.90. The molecule has 3 rings (SSSR count). The maximum Gasteiger partial charge on any atom is 0.342 e.